The number of hydrogen-bond donors (Lipinski definition) is 0. The molecule has 8 nitrogen and oxygen atoms in total. The summed E-state index contributed by atoms with van der Waals surface area (Å²) in [4.78, 5) is 5.15. The third-order valence-electron chi connectivity index (χ3n) is 10.4. The molecule has 0 saturated carbocycles. The van der Waals surface area contributed by atoms with E-state index in [2.05, 4.69) is 176 Å². The maximum Gasteiger partial charge on any atom is 3.00 e. The monoisotopic (exact) mass is 1630 g/mol. The van der Waals surface area contributed by atoms with Gasteiger partial charge in [-0.1, -0.05) is 166 Å². The molecule has 0 amide bonds. The molecule has 0 aliphatic rings. The molecule has 408 valence electrons. The minimum atomic E-state index is -0.232. The van der Waals surface area contributed by atoms with Crippen LogP contribution in [0.1, 0.15) is 166 Å². The molecule has 19 heteroatoms. The molecule has 0 fully saturated rings. The van der Waals surface area contributed by atoms with Crippen LogP contribution in [0.3, 0.4) is 0 Å². The quantitative estimate of drug-likeness (QED) is 0.0462. The van der Waals surface area contributed by atoms with E-state index in [4.69, 9.17) is 30.5 Å². The Kier molecular flexibility index (Phi) is 66.4. The van der Waals surface area contributed by atoms with Crippen LogP contribution in [0, 0.1) is 62.2 Å². The van der Waals surface area contributed by atoms with Gasteiger partial charge in [0.2, 0.25) is 0 Å². The molecule has 0 aliphatic carbocycles. The molecule has 0 aromatic carbocycles. The zero-order valence-electron chi connectivity index (χ0n) is 47.6. The van der Waals surface area contributed by atoms with Crippen LogP contribution < -0.4 is 0 Å². The van der Waals surface area contributed by atoms with E-state index in [1.54, 1.807) is 0 Å². The van der Waals surface area contributed by atoms with Crippen LogP contribution in [-0.2, 0) is 49.5 Å². The molecule has 0 saturated heterocycles. The normalized spacial score (nSPS) is 12.4. The summed E-state index contributed by atoms with van der Waals surface area (Å²) < 4.78 is 0. The van der Waals surface area contributed by atoms with Crippen molar-refractivity contribution in [1.29, 1.82) is 0 Å². The largest absolute Gasteiger partial charge is 3.00 e. The van der Waals surface area contributed by atoms with Gasteiger partial charge in [0.25, 0.3) is 0 Å². The summed E-state index contributed by atoms with van der Waals surface area (Å²) in [5.41, 5.74) is 8.11. The van der Waals surface area contributed by atoms with Crippen molar-refractivity contribution < 1.29 is 112 Å². The Morgan fingerprint density at radius 1 is 0.224 bits per heavy atom. The zero-order valence-corrected chi connectivity index (χ0v) is 64.3. The Morgan fingerprint density at radius 3 is 0.388 bits per heavy atom. The van der Waals surface area contributed by atoms with Crippen LogP contribution in [0.5, 0.6) is 0 Å². The third-order valence-corrected chi connectivity index (χ3v) is 26.3. The summed E-state index contributed by atoms with van der Waals surface area (Å²) in [6.45, 7) is 67.8. The van der Waals surface area contributed by atoms with E-state index in [0.29, 0.717) is 67.9 Å². The van der Waals surface area contributed by atoms with Gasteiger partial charge in [-0.3, -0.25) is 0 Å². The van der Waals surface area contributed by atoms with E-state index in [1.165, 1.54) is 0 Å². The van der Waals surface area contributed by atoms with Gasteiger partial charge in [-0.2, -0.15) is 0 Å². The first-order chi connectivity index (χ1) is 28.8. The smallest absolute Gasteiger partial charge is 0.635 e. The van der Waals surface area contributed by atoms with Crippen LogP contribution in [0.4, 0.5) is 0 Å². The first-order valence-electron chi connectivity index (χ1n) is 24.9. The van der Waals surface area contributed by atoms with E-state index >= 15 is 0 Å². The van der Waals surface area contributed by atoms with E-state index in [-0.39, 0.29) is 160 Å². The van der Waals surface area contributed by atoms with Gasteiger partial charge in [0.15, 0.2) is 0 Å². The zero-order chi connectivity index (χ0) is 48.3. The van der Waals surface area contributed by atoms with Gasteiger partial charge in [0.1, 0.15) is 0 Å². The fraction of sp³-hybridized carbons (Fsp3) is 1.00. The molecule has 0 aromatic rings. The first kappa shape index (κ1) is 86.7. The average molecular weight is 1640 g/mol. The van der Waals surface area contributed by atoms with Crippen molar-refractivity contribution in [3.8, 4) is 0 Å². The Labute approximate surface area is 507 Å². The van der Waals surface area contributed by atoms with Crippen molar-refractivity contribution in [1.82, 2.24) is 9.80 Å². The number of hydrogen-bond acceptors (Lipinski definition) is 2. The van der Waals surface area contributed by atoms with Gasteiger partial charge in [0, 0.05) is 49.5 Å². The number of rotatable bonds is 36. The van der Waals surface area contributed by atoms with Crippen molar-refractivity contribution in [3.63, 3.8) is 0 Å². The SMILES string of the molecule is CC(C)P([N-]CCN(CC[N-]P(C(C)C)C(C)C)CC[N-]P(C(C)C)C(C)C)C(C)C.CC(C)P([N-]CCN(CC[N-]P(C(C)C)C(C)C)CC[N-]P(C(C)C)C(C)C)C(C)C.[Ni].[Ni].[Ni].[U+3].[U+3]. The minimum Gasteiger partial charge on any atom is -0.635 e. The predicted octanol–water partition coefficient (Wildman–Crippen LogP) is 18.1. The fourth-order valence-corrected chi connectivity index (χ4v) is 21.0. The molecule has 0 heterocycles. The average Bonchev–Trinajstić information content (AvgIpc) is 3.12. The van der Waals surface area contributed by atoms with Crippen LogP contribution in [-0.4, -0.2) is 156 Å². The molecule has 0 aromatic heterocycles. The minimum absolute atomic E-state index is 0. The summed E-state index contributed by atoms with van der Waals surface area (Å²) in [7, 11) is -1.39. The summed E-state index contributed by atoms with van der Waals surface area (Å²) in [6, 6.07) is 0. The van der Waals surface area contributed by atoms with E-state index in [1.807, 2.05) is 0 Å². The van der Waals surface area contributed by atoms with Gasteiger partial charge >= 0.3 is 62.2 Å². The van der Waals surface area contributed by atoms with Crippen molar-refractivity contribution >= 4 is 48.4 Å². The van der Waals surface area contributed by atoms with Crippen LogP contribution in [0.15, 0.2) is 0 Å². The predicted molar refractivity (Wildman–Crippen MR) is 305 cm³/mol. The molecule has 2 radical (unpaired) electrons. The van der Waals surface area contributed by atoms with Crippen molar-refractivity contribution in [2.45, 2.75) is 234 Å². The van der Waals surface area contributed by atoms with Crippen molar-refractivity contribution in [2.24, 2.45) is 0 Å². The summed E-state index contributed by atoms with van der Waals surface area (Å²) in [6.07, 6.45) is 0. The molecular weight excluding hydrogens is 1530 g/mol. The molecule has 67 heavy (non-hydrogen) atoms. The molecule has 0 N–H and O–H groups in total. The fourth-order valence-electron chi connectivity index (χ4n) is 8.02. The third kappa shape index (κ3) is 43.4. The molecule has 0 rings (SSSR count). The van der Waals surface area contributed by atoms with Gasteiger partial charge in [-0.25, -0.2) is 48.4 Å². The summed E-state index contributed by atoms with van der Waals surface area (Å²) in [5.74, 6) is 0. The van der Waals surface area contributed by atoms with Gasteiger partial charge in [-0.05, 0) is 107 Å². The Morgan fingerprint density at radius 2 is 0.313 bits per heavy atom. The van der Waals surface area contributed by atoms with Crippen LogP contribution in [0.25, 0.3) is 30.5 Å². The molecule has 0 spiro atoms. The van der Waals surface area contributed by atoms with Gasteiger partial charge < -0.3 is 40.3 Å². The summed E-state index contributed by atoms with van der Waals surface area (Å²) in [5, 5.41) is 30.8. The topological polar surface area (TPSA) is 91.1 Å². The van der Waals surface area contributed by atoms with E-state index in [0.717, 1.165) is 78.5 Å². The Bertz CT molecular complexity index is 799. The Balaban J connectivity index is -0.000000200. The molecule has 0 atom stereocenters. The second-order valence-corrected chi connectivity index (χ2v) is 38.9. The Hall–Kier alpha value is 5.84. The second kappa shape index (κ2) is 51.3. The van der Waals surface area contributed by atoms with Crippen molar-refractivity contribution in [2.75, 3.05) is 78.5 Å². The maximum absolute atomic E-state index is 5.13. The van der Waals surface area contributed by atoms with E-state index < -0.39 is 0 Å². The maximum atomic E-state index is 5.13. The van der Waals surface area contributed by atoms with E-state index in [9.17, 15) is 0 Å². The van der Waals surface area contributed by atoms with Gasteiger partial charge in [-0.15, -0.1) is 39.3 Å². The number of nitrogens with zero attached hydrogens (tertiary/aromatic N) is 8. The van der Waals surface area contributed by atoms with Crippen molar-refractivity contribution in [3.05, 3.63) is 30.5 Å². The first-order valence-corrected chi connectivity index (χ1v) is 33.5. The van der Waals surface area contributed by atoms with Crippen LogP contribution in [0.2, 0.25) is 0 Å². The molecule has 0 bridgehead atoms. The standard InChI is InChI=1S/2C24H54N4P3.3Ni.2U/c2*1-19(2)29(20(3)4)25-13-16-28(17-14-26-30(21(5)6)22(7)8)18-15-27-31(23(9)10)24(11)12;;;;;/h2*19-24H,13-18H2,1-12H3;;;;;/q2*-3;;;;2*+3. The molecular formula is C48H108N8Ni3P6U2. The molecule has 0 aliphatic heterocycles. The second-order valence-electron chi connectivity index (χ2n) is 20.3. The molecule has 0 unspecified atom stereocenters. The van der Waals surface area contributed by atoms with Gasteiger partial charge in [0.05, 0.1) is 0 Å². The summed E-state index contributed by atoms with van der Waals surface area (Å²) >= 11 is 0. The van der Waals surface area contributed by atoms with Crippen LogP contribution >= 0.6 is 48.4 Å².